The molecule has 3 rings (SSSR count). The van der Waals surface area contributed by atoms with E-state index >= 15 is 0 Å². The minimum Gasteiger partial charge on any atom is -0.494 e. The quantitative estimate of drug-likeness (QED) is 0.124. The Morgan fingerprint density at radius 3 is 1.52 bits per heavy atom. The fourth-order valence-electron chi connectivity index (χ4n) is 2.83. The first-order valence-corrected chi connectivity index (χ1v) is 11.4. The van der Waals surface area contributed by atoms with E-state index < -0.39 is 5.97 Å². The molecule has 0 aliphatic heterocycles. The Hall–Kier alpha value is -3.67. The third-order valence-electron chi connectivity index (χ3n) is 4.79. The van der Waals surface area contributed by atoms with Crippen molar-refractivity contribution in [1.82, 2.24) is 0 Å². The summed E-state index contributed by atoms with van der Waals surface area (Å²) in [7, 11) is 0. The number of azo groups is 1. The summed E-state index contributed by atoms with van der Waals surface area (Å²) in [6.07, 6.45) is 4.21. The SMILES string of the molecule is CCCCOc1ccc(N=Nc2ccc(OC(=O)c3ccc(OCCCC)cc3)cc2)cc1. The third kappa shape index (κ3) is 8.07. The monoisotopic (exact) mass is 446 g/mol. The lowest BCUT2D eigenvalue weighted by Gasteiger charge is -2.07. The number of rotatable bonds is 12. The molecule has 0 atom stereocenters. The van der Waals surface area contributed by atoms with E-state index in [0.29, 0.717) is 30.2 Å². The van der Waals surface area contributed by atoms with Gasteiger partial charge in [-0.25, -0.2) is 4.79 Å². The van der Waals surface area contributed by atoms with Crippen LogP contribution in [-0.4, -0.2) is 19.2 Å². The molecule has 33 heavy (non-hydrogen) atoms. The highest BCUT2D eigenvalue weighted by molar-refractivity contribution is 5.91. The van der Waals surface area contributed by atoms with E-state index in [1.54, 1.807) is 48.5 Å². The molecule has 0 heterocycles. The highest BCUT2D eigenvalue weighted by Gasteiger charge is 2.09. The lowest BCUT2D eigenvalue weighted by Crippen LogP contribution is -2.08. The second-order valence-corrected chi connectivity index (χ2v) is 7.51. The van der Waals surface area contributed by atoms with Crippen molar-refractivity contribution in [2.24, 2.45) is 10.2 Å². The number of esters is 1. The van der Waals surface area contributed by atoms with Crippen molar-refractivity contribution in [2.75, 3.05) is 13.2 Å². The number of hydrogen-bond acceptors (Lipinski definition) is 6. The van der Waals surface area contributed by atoms with Crippen molar-refractivity contribution in [2.45, 2.75) is 39.5 Å². The number of benzene rings is 3. The molecule has 0 aromatic heterocycles. The third-order valence-corrected chi connectivity index (χ3v) is 4.79. The Morgan fingerprint density at radius 2 is 1.06 bits per heavy atom. The molecule has 0 fully saturated rings. The Bertz CT molecular complexity index is 1010. The lowest BCUT2D eigenvalue weighted by atomic mass is 10.2. The highest BCUT2D eigenvalue weighted by Crippen LogP contribution is 2.24. The normalized spacial score (nSPS) is 10.8. The molecule has 0 N–H and O–H groups in total. The molecule has 0 aliphatic carbocycles. The van der Waals surface area contributed by atoms with Gasteiger partial charge in [0.05, 0.1) is 30.2 Å². The van der Waals surface area contributed by atoms with Gasteiger partial charge in [0.2, 0.25) is 0 Å². The first-order valence-electron chi connectivity index (χ1n) is 11.4. The van der Waals surface area contributed by atoms with Crippen molar-refractivity contribution >= 4 is 17.3 Å². The van der Waals surface area contributed by atoms with Gasteiger partial charge in [0.15, 0.2) is 0 Å². The zero-order valence-corrected chi connectivity index (χ0v) is 19.2. The zero-order valence-electron chi connectivity index (χ0n) is 19.2. The molecule has 3 aromatic carbocycles. The number of unbranched alkanes of at least 4 members (excludes halogenated alkanes) is 2. The smallest absolute Gasteiger partial charge is 0.343 e. The molecule has 0 bridgehead atoms. The van der Waals surface area contributed by atoms with Crippen LogP contribution in [-0.2, 0) is 0 Å². The van der Waals surface area contributed by atoms with Gasteiger partial charge in [-0.1, -0.05) is 26.7 Å². The molecule has 0 unspecified atom stereocenters. The van der Waals surface area contributed by atoms with Crippen LogP contribution in [0.25, 0.3) is 0 Å². The van der Waals surface area contributed by atoms with Gasteiger partial charge in [-0.3, -0.25) is 0 Å². The van der Waals surface area contributed by atoms with Gasteiger partial charge in [0.1, 0.15) is 17.2 Å². The number of carbonyl (C=O) groups excluding carboxylic acids is 1. The van der Waals surface area contributed by atoms with E-state index in [2.05, 4.69) is 24.1 Å². The number of carbonyl (C=O) groups is 1. The molecule has 0 radical (unpaired) electrons. The molecule has 0 saturated heterocycles. The van der Waals surface area contributed by atoms with Gasteiger partial charge < -0.3 is 14.2 Å². The second kappa shape index (κ2) is 13.0. The van der Waals surface area contributed by atoms with Gasteiger partial charge >= 0.3 is 5.97 Å². The van der Waals surface area contributed by atoms with Crippen LogP contribution < -0.4 is 14.2 Å². The van der Waals surface area contributed by atoms with Gasteiger partial charge in [-0.2, -0.15) is 10.2 Å². The summed E-state index contributed by atoms with van der Waals surface area (Å²) in [5.74, 6) is 1.59. The standard InChI is InChI=1S/C27H30N2O4/c1-3-5-19-31-24-13-7-21(8-14-24)27(30)33-26-17-11-23(12-18-26)29-28-22-9-15-25(16-10-22)32-20-6-4-2/h7-18H,3-6,19-20H2,1-2H3. The maximum atomic E-state index is 12.4. The first kappa shape index (κ1) is 24.0. The average molecular weight is 447 g/mol. The van der Waals surface area contributed by atoms with E-state index in [0.717, 1.165) is 42.9 Å². The minimum atomic E-state index is -0.425. The van der Waals surface area contributed by atoms with Crippen LogP contribution in [0.2, 0.25) is 0 Å². The summed E-state index contributed by atoms with van der Waals surface area (Å²) in [5, 5.41) is 8.47. The van der Waals surface area contributed by atoms with E-state index in [-0.39, 0.29) is 0 Å². The molecule has 0 spiro atoms. The molecule has 0 aliphatic rings. The fraction of sp³-hybridized carbons (Fsp3) is 0.296. The van der Waals surface area contributed by atoms with Crippen molar-refractivity contribution in [3.8, 4) is 17.2 Å². The molecular weight excluding hydrogens is 416 g/mol. The molecule has 3 aromatic rings. The number of nitrogens with zero attached hydrogens (tertiary/aromatic N) is 2. The molecule has 172 valence electrons. The Balaban J connectivity index is 1.51. The van der Waals surface area contributed by atoms with Gasteiger partial charge in [-0.05, 0) is 85.6 Å². The number of hydrogen-bond donors (Lipinski definition) is 0. The molecular formula is C27H30N2O4. The summed E-state index contributed by atoms with van der Waals surface area (Å²) < 4.78 is 16.7. The molecule has 0 saturated carbocycles. The van der Waals surface area contributed by atoms with Crippen LogP contribution in [0.15, 0.2) is 83.0 Å². The van der Waals surface area contributed by atoms with Crippen LogP contribution in [0.3, 0.4) is 0 Å². The largest absolute Gasteiger partial charge is 0.494 e. The van der Waals surface area contributed by atoms with Crippen molar-refractivity contribution in [1.29, 1.82) is 0 Å². The van der Waals surface area contributed by atoms with Crippen LogP contribution in [0.5, 0.6) is 17.2 Å². The van der Waals surface area contributed by atoms with Crippen LogP contribution in [0, 0.1) is 0 Å². The summed E-state index contributed by atoms with van der Waals surface area (Å²) in [5.41, 5.74) is 1.85. The minimum absolute atomic E-state index is 0.425. The van der Waals surface area contributed by atoms with Crippen molar-refractivity contribution in [3.63, 3.8) is 0 Å². The van der Waals surface area contributed by atoms with Crippen LogP contribution >= 0.6 is 0 Å². The van der Waals surface area contributed by atoms with Crippen molar-refractivity contribution < 1.29 is 19.0 Å². The maximum absolute atomic E-state index is 12.4. The van der Waals surface area contributed by atoms with Crippen molar-refractivity contribution in [3.05, 3.63) is 78.4 Å². The second-order valence-electron chi connectivity index (χ2n) is 7.51. The molecule has 6 nitrogen and oxygen atoms in total. The van der Waals surface area contributed by atoms with E-state index in [1.165, 1.54) is 0 Å². The summed E-state index contributed by atoms with van der Waals surface area (Å²) in [6, 6.07) is 21.3. The molecule has 0 amide bonds. The topological polar surface area (TPSA) is 69.5 Å². The van der Waals surface area contributed by atoms with Crippen LogP contribution in [0.4, 0.5) is 11.4 Å². The predicted octanol–water partition coefficient (Wildman–Crippen LogP) is 7.68. The maximum Gasteiger partial charge on any atom is 0.343 e. The van der Waals surface area contributed by atoms with Gasteiger partial charge in [-0.15, -0.1) is 0 Å². The lowest BCUT2D eigenvalue weighted by molar-refractivity contribution is 0.0734. The van der Waals surface area contributed by atoms with Crippen LogP contribution in [0.1, 0.15) is 49.9 Å². The fourth-order valence-corrected chi connectivity index (χ4v) is 2.83. The summed E-state index contributed by atoms with van der Waals surface area (Å²) in [6.45, 7) is 5.63. The Kier molecular flexibility index (Phi) is 9.45. The van der Waals surface area contributed by atoms with E-state index in [1.807, 2.05) is 24.3 Å². The average Bonchev–Trinajstić information content (AvgIpc) is 2.85. The van der Waals surface area contributed by atoms with Gasteiger partial charge in [0, 0.05) is 0 Å². The Labute approximate surface area is 195 Å². The van der Waals surface area contributed by atoms with E-state index in [9.17, 15) is 4.79 Å². The van der Waals surface area contributed by atoms with E-state index in [4.69, 9.17) is 14.2 Å². The Morgan fingerprint density at radius 1 is 0.636 bits per heavy atom. The number of ether oxygens (including phenoxy) is 3. The summed E-state index contributed by atoms with van der Waals surface area (Å²) in [4.78, 5) is 12.4. The van der Waals surface area contributed by atoms with Gasteiger partial charge in [0.25, 0.3) is 0 Å². The zero-order chi connectivity index (χ0) is 23.3. The molecule has 6 heteroatoms. The first-order chi connectivity index (χ1) is 16.2. The highest BCUT2D eigenvalue weighted by atomic mass is 16.5. The summed E-state index contributed by atoms with van der Waals surface area (Å²) >= 11 is 0. The predicted molar refractivity (Wildman–Crippen MR) is 129 cm³/mol.